The second-order valence-electron chi connectivity index (χ2n) is 33.0. The van der Waals surface area contributed by atoms with Crippen molar-refractivity contribution in [3.8, 4) is 5.75 Å². The largest absolute Gasteiger partial charge is 0.508 e. The first-order valence-corrected chi connectivity index (χ1v) is 44.3. The molecular weight excluding hydrogens is 1680 g/mol. The highest BCUT2D eigenvalue weighted by atomic mass is 32.2. The van der Waals surface area contributed by atoms with Crippen molar-refractivity contribution in [2.24, 2.45) is 17.1 Å². The van der Waals surface area contributed by atoms with E-state index in [1.165, 1.54) is 99.8 Å². The number of imidazole rings is 1. The Bertz CT molecular complexity index is 5030. The molecule has 9 rings (SSSR count). The molecule has 2 bridgehead atoms. The lowest BCUT2D eigenvalue weighted by Gasteiger charge is -2.34. The molecule has 2 aliphatic rings. The highest BCUT2D eigenvalue weighted by Gasteiger charge is 2.43. The third kappa shape index (κ3) is 29.0. The van der Waals surface area contributed by atoms with Gasteiger partial charge in [0.05, 0.1) is 30.8 Å². The Kier molecular flexibility index (Phi) is 36.1. The number of hydrogen-bond acceptors (Lipinski definition) is 23. The van der Waals surface area contributed by atoms with E-state index in [0.717, 1.165) is 29.4 Å². The highest BCUT2D eigenvalue weighted by molar-refractivity contribution is 7.98. The van der Waals surface area contributed by atoms with Crippen LogP contribution in [0.3, 0.4) is 0 Å². The molecule has 1 aliphatic carbocycles. The van der Waals surface area contributed by atoms with E-state index in [9.17, 15) is 63.6 Å². The number of aliphatic hydroxyl groups is 2. The number of aromatic amines is 3. The number of aliphatic hydroxyl groups excluding tert-OH is 2. The van der Waals surface area contributed by atoms with Crippen molar-refractivity contribution in [1.82, 2.24) is 98.6 Å². The van der Waals surface area contributed by atoms with Gasteiger partial charge >= 0.3 is 5.97 Å². The summed E-state index contributed by atoms with van der Waals surface area (Å²) in [6, 6.07) is 0.527. The number of nitrogens with zero attached hydrogens (tertiary/aromatic N) is 4. The SMILES string of the molecule is CCC[C@H](NC(C)=O)C(=O)N[C@H]1CSCc2cccc(c2)CSC[C@@H](C(N)=O)NC(=O)[C@H]([C@@H](C)O)NC(=O)[C@H](C2CCCCC2)NC(=O)[C@H](Cc2c[nH]c3ncccc23)NC(=O)[C@H](Cc2c[nH]cn2)NC(=O)[C@H](CCC(=O)O)NC(=O)[C@H](Cc2c[nH]c3ncccc23)NC(=O)[C@H]([C@@H](C)O)NC(=O)CN(C)C(=O)[C@H](Cc2ccc(O)cc2)NC(=O)[C@H](C(C)(C)C)NC1=O. The van der Waals surface area contributed by atoms with E-state index < -0.39 is 217 Å². The average molecular weight is 1800 g/mol. The fraction of sp³-hybridized carbons (Fsp3) is 0.488. The Balaban J connectivity index is 1.08. The van der Waals surface area contributed by atoms with Crippen molar-refractivity contribution < 1.29 is 92.3 Å². The second-order valence-corrected chi connectivity index (χ2v) is 35.1. The maximum Gasteiger partial charge on any atom is 0.303 e. The summed E-state index contributed by atoms with van der Waals surface area (Å²) < 4.78 is 0. The van der Waals surface area contributed by atoms with Crippen LogP contribution in [0.1, 0.15) is 140 Å². The van der Waals surface area contributed by atoms with Crippen LogP contribution >= 0.6 is 23.5 Å². The number of likely N-dealkylation sites (N-methyl/N-ethyl adjacent to an activating group) is 1. The Hall–Kier alpha value is -12.5. The van der Waals surface area contributed by atoms with Crippen LogP contribution in [0.2, 0.25) is 0 Å². The number of phenolic OH excluding ortho intramolecular Hbond substituents is 1. The third-order valence-electron chi connectivity index (χ3n) is 21.7. The van der Waals surface area contributed by atoms with Gasteiger partial charge in [-0.25, -0.2) is 15.0 Å². The molecular formula is C86H114N20O19S2. The van der Waals surface area contributed by atoms with Gasteiger partial charge < -0.3 is 110 Å². The lowest BCUT2D eigenvalue weighted by atomic mass is 9.83. The third-order valence-corrected chi connectivity index (χ3v) is 24.0. The van der Waals surface area contributed by atoms with Crippen LogP contribution in [0.25, 0.3) is 22.1 Å². The minimum absolute atomic E-state index is 0.111. The number of nitrogens with one attached hydrogen (secondary N) is 15. The number of carboxylic acids is 1. The van der Waals surface area contributed by atoms with Gasteiger partial charge in [0.25, 0.3) is 0 Å². The summed E-state index contributed by atoms with van der Waals surface area (Å²) in [7, 11) is 1.21. The number of carboxylic acid groups (broad SMARTS) is 1. The summed E-state index contributed by atoms with van der Waals surface area (Å²) in [6.45, 7) is 9.45. The van der Waals surface area contributed by atoms with Gasteiger partial charge in [-0.3, -0.25) is 71.9 Å². The number of H-pyrrole nitrogens is 3. The molecule has 39 nitrogen and oxygen atoms in total. The highest BCUT2D eigenvalue weighted by Crippen LogP contribution is 2.29. The summed E-state index contributed by atoms with van der Waals surface area (Å²) in [5, 5.41) is 76.0. The number of rotatable bonds is 20. The topological polar surface area (TPSA) is 597 Å². The number of fused-ring (bicyclic) bond motifs is 4. The smallest absolute Gasteiger partial charge is 0.303 e. The van der Waals surface area contributed by atoms with Gasteiger partial charge in [-0.1, -0.05) is 89.8 Å². The number of carbonyl (C=O) groups is 15. The lowest BCUT2D eigenvalue weighted by molar-refractivity contribution is -0.140. The van der Waals surface area contributed by atoms with Crippen LogP contribution in [0.4, 0.5) is 0 Å². The summed E-state index contributed by atoms with van der Waals surface area (Å²) in [5.41, 5.74) is 8.39. The number of benzene rings is 2. The van der Waals surface area contributed by atoms with E-state index in [2.05, 4.69) is 93.7 Å². The Labute approximate surface area is 741 Å². The average Bonchev–Trinajstić information content (AvgIpc) is 1.80. The van der Waals surface area contributed by atoms with Gasteiger partial charge in [-0.05, 0) is 115 Å². The van der Waals surface area contributed by atoms with Gasteiger partial charge in [0.1, 0.15) is 89.5 Å². The molecule has 5 aromatic heterocycles. The van der Waals surface area contributed by atoms with Crippen molar-refractivity contribution in [3.63, 3.8) is 0 Å². The fourth-order valence-electron chi connectivity index (χ4n) is 15.0. The normalized spacial score (nSPS) is 23.4. The predicted molar refractivity (Wildman–Crippen MR) is 469 cm³/mol. The van der Waals surface area contributed by atoms with E-state index in [4.69, 9.17) is 5.73 Å². The second kappa shape index (κ2) is 46.6. The number of aliphatic carboxylic acids is 1. The van der Waals surface area contributed by atoms with Crippen molar-refractivity contribution >= 4 is 134 Å². The number of amides is 14. The molecule has 7 aromatic rings. The number of aromatic hydroxyl groups is 1. The zero-order valence-corrected chi connectivity index (χ0v) is 73.5. The van der Waals surface area contributed by atoms with Crippen molar-refractivity contribution in [2.75, 3.05) is 25.1 Å². The summed E-state index contributed by atoms with van der Waals surface area (Å²) in [5.74, 6) is -15.2. The minimum Gasteiger partial charge on any atom is -0.508 e. The molecule has 127 heavy (non-hydrogen) atoms. The molecule has 1 fully saturated rings. The van der Waals surface area contributed by atoms with Crippen LogP contribution in [0.15, 0.2) is 110 Å². The summed E-state index contributed by atoms with van der Waals surface area (Å²) in [4.78, 5) is 240. The van der Waals surface area contributed by atoms with Crippen LogP contribution in [0.5, 0.6) is 5.75 Å². The van der Waals surface area contributed by atoms with Gasteiger partial charge in [0.15, 0.2) is 0 Å². The predicted octanol–water partition coefficient (Wildman–Crippen LogP) is 0.153. The molecule has 0 saturated heterocycles. The molecule has 1 saturated carbocycles. The Morgan fingerprint density at radius 2 is 1.14 bits per heavy atom. The molecule has 6 heterocycles. The first-order valence-electron chi connectivity index (χ1n) is 42.0. The maximum absolute atomic E-state index is 15.4. The van der Waals surface area contributed by atoms with E-state index in [1.807, 2.05) is 18.2 Å². The van der Waals surface area contributed by atoms with E-state index in [-0.39, 0.29) is 53.7 Å². The first kappa shape index (κ1) is 98.3. The number of pyridine rings is 2. The van der Waals surface area contributed by atoms with Crippen LogP contribution in [0, 0.1) is 11.3 Å². The molecule has 14 atom stereocenters. The minimum atomic E-state index is -1.93. The lowest BCUT2D eigenvalue weighted by Crippen LogP contribution is -2.63. The molecule has 1 aliphatic heterocycles. The van der Waals surface area contributed by atoms with E-state index in [1.54, 1.807) is 64.2 Å². The molecule has 14 amide bonds. The zero-order valence-electron chi connectivity index (χ0n) is 71.9. The number of nitrogens with two attached hydrogens (primary N) is 1. The summed E-state index contributed by atoms with van der Waals surface area (Å²) >= 11 is 2.44. The molecule has 0 spiro atoms. The number of carbonyl (C=O) groups excluding carboxylic acids is 14. The fourth-order valence-corrected chi connectivity index (χ4v) is 17.0. The molecule has 2 aromatic carbocycles. The van der Waals surface area contributed by atoms with Gasteiger partial charge in [-0.2, -0.15) is 23.5 Å². The molecule has 41 heteroatoms. The van der Waals surface area contributed by atoms with E-state index in [0.29, 0.717) is 70.9 Å². The number of phenols is 1. The Morgan fingerprint density at radius 1 is 0.598 bits per heavy atom. The number of primary amides is 1. The van der Waals surface area contributed by atoms with Gasteiger partial charge in [0, 0.05) is 111 Å². The van der Waals surface area contributed by atoms with Gasteiger partial charge in [-0.15, -0.1) is 0 Å². The first-order chi connectivity index (χ1) is 60.4. The van der Waals surface area contributed by atoms with Gasteiger partial charge in [0.2, 0.25) is 82.7 Å². The number of hydrogen-bond donors (Lipinski definition) is 20. The molecule has 684 valence electrons. The maximum atomic E-state index is 15.4. The van der Waals surface area contributed by atoms with Crippen molar-refractivity contribution in [1.29, 1.82) is 0 Å². The monoisotopic (exact) mass is 1790 g/mol. The zero-order chi connectivity index (χ0) is 92.3. The molecule has 0 unspecified atom stereocenters. The number of aromatic nitrogens is 6. The van der Waals surface area contributed by atoms with Crippen LogP contribution in [-0.4, -0.2) is 254 Å². The van der Waals surface area contributed by atoms with E-state index >= 15 is 28.8 Å². The quantitative estimate of drug-likeness (QED) is 0.0483. The van der Waals surface area contributed by atoms with Crippen LogP contribution < -0.4 is 69.5 Å². The standard InChI is InChI=1S/C86H114N20O19S2/c1-9-16-58(94-47(4)109)75(115)101-65-43-127-41-50-18-13-17-49(31-50)40-126-42-64(72(87)114)100-82(122)69(46(3)108)103-83(123)70(51-19-11-10-12-20-51)104-79(119)61(34-53-37-92-74-57(53)22-15-30-90-74)96-78(118)62(35-54-38-88-44-93-54)97-76(116)59(27-28-67(112)113)95-77(117)60(33-52-36-91-73-56(52)21-14-29-89-73)98-81(121)68(45(2)107)102-66(111)39-106(8)85(125)63(32-48-23-25-55(110)26-24-48)99-84(124)71(86(5,6)7)105-80(65)120/h13-15,17-18,21-26,29-31,36-38,44-46,51,58-65,68-71,107-108,110H,9-12,16,19-20,27-28,32-35,39-43H2,1-8H3,(H2,87,114)(H,88,93)(H,89,91)(H,90,92)(H,94,109)(H,95,117)(H,96,118)(H,97,116)(H,98,121)(H,99,124)(H,100,122)(H,101,115)(H,102,111)(H,103,123)(H,104,119)(H,105,120)(H,112,113)/t45-,46-,58+,59+,60+,61+,62+,63+,64+,65+,68+,69+,70+,71-/m1/s1. The Morgan fingerprint density at radius 3 is 1.69 bits per heavy atom. The molecule has 21 N–H and O–H groups in total. The summed E-state index contributed by atoms with van der Waals surface area (Å²) in [6.07, 6.45) is 6.00. The van der Waals surface area contributed by atoms with Crippen molar-refractivity contribution in [3.05, 3.63) is 144 Å². The van der Waals surface area contributed by atoms with Crippen molar-refractivity contribution in [2.45, 2.75) is 228 Å². The molecule has 0 radical (unpaired) electrons. The number of thioether (sulfide) groups is 2. The van der Waals surface area contributed by atoms with Crippen LogP contribution in [-0.2, 0) is 109 Å².